The summed E-state index contributed by atoms with van der Waals surface area (Å²) in [6.07, 6.45) is 5.55. The van der Waals surface area contributed by atoms with Crippen LogP contribution < -0.4 is 4.90 Å². The Bertz CT molecular complexity index is 2480. The highest BCUT2D eigenvalue weighted by Gasteiger charge is 2.19. The van der Waals surface area contributed by atoms with Crippen LogP contribution in [0.15, 0.2) is 161 Å². The van der Waals surface area contributed by atoms with Gasteiger partial charge in [0.25, 0.3) is 0 Å². The fraction of sp³-hybridized carbons (Fsp3) is 0. The molecule has 0 amide bonds. The highest BCUT2D eigenvalue weighted by Crippen LogP contribution is 2.42. The summed E-state index contributed by atoms with van der Waals surface area (Å²) in [5.41, 5.74) is 10.4. The van der Waals surface area contributed by atoms with E-state index < -0.39 is 0 Å². The zero-order chi connectivity index (χ0) is 29.7. The quantitative estimate of drug-likeness (QED) is 0.203. The zero-order valence-corrected chi connectivity index (χ0v) is 24.1. The SMILES string of the molecule is c1ccc2c(c1)oc1c(-c3ccc(-c4ccc(N(c5ccncc5)c5cccc6c5oc5ccccc56)cc4)nc3)cccc12. The lowest BCUT2D eigenvalue weighted by Crippen LogP contribution is -2.10. The van der Waals surface area contributed by atoms with Gasteiger partial charge in [-0.1, -0.05) is 84.9 Å². The topological polar surface area (TPSA) is 55.3 Å². The summed E-state index contributed by atoms with van der Waals surface area (Å²) in [6.45, 7) is 0. The van der Waals surface area contributed by atoms with Crippen molar-refractivity contribution in [3.05, 3.63) is 152 Å². The molecule has 4 heterocycles. The van der Waals surface area contributed by atoms with E-state index in [1.165, 1.54) is 0 Å². The smallest absolute Gasteiger partial charge is 0.159 e. The molecule has 0 radical (unpaired) electrons. The van der Waals surface area contributed by atoms with Gasteiger partial charge in [0.1, 0.15) is 16.7 Å². The van der Waals surface area contributed by atoms with E-state index in [9.17, 15) is 0 Å². The third kappa shape index (κ3) is 4.17. The highest BCUT2D eigenvalue weighted by molar-refractivity contribution is 6.11. The summed E-state index contributed by atoms with van der Waals surface area (Å²) in [5, 5.41) is 4.42. The minimum Gasteiger partial charge on any atom is -0.455 e. The number of hydrogen-bond donors (Lipinski definition) is 0. The van der Waals surface area contributed by atoms with E-state index in [0.29, 0.717) is 0 Å². The third-order valence-corrected chi connectivity index (χ3v) is 8.45. The molecule has 0 aliphatic heterocycles. The normalized spacial score (nSPS) is 11.6. The number of para-hydroxylation sites is 4. The van der Waals surface area contributed by atoms with Crippen LogP contribution >= 0.6 is 0 Å². The summed E-state index contributed by atoms with van der Waals surface area (Å²) < 4.78 is 12.7. The Labute approximate surface area is 258 Å². The first-order valence-corrected chi connectivity index (χ1v) is 14.9. The van der Waals surface area contributed by atoms with E-state index in [4.69, 9.17) is 13.8 Å². The van der Waals surface area contributed by atoms with Gasteiger partial charge in [-0.15, -0.1) is 0 Å². The average Bonchev–Trinajstić information content (AvgIpc) is 3.69. The van der Waals surface area contributed by atoms with Crippen LogP contribution in [0.1, 0.15) is 0 Å². The number of anilines is 3. The molecule has 0 saturated carbocycles. The van der Waals surface area contributed by atoms with Gasteiger partial charge >= 0.3 is 0 Å². The molecule has 0 bridgehead atoms. The van der Waals surface area contributed by atoms with Gasteiger partial charge in [0, 0.05) is 68.2 Å². The predicted octanol–water partition coefficient (Wildman–Crippen LogP) is 11.1. The minimum atomic E-state index is 0.844. The van der Waals surface area contributed by atoms with Crippen molar-refractivity contribution in [2.24, 2.45) is 0 Å². The average molecular weight is 580 g/mol. The first kappa shape index (κ1) is 25.3. The molecular weight excluding hydrogens is 554 g/mol. The van der Waals surface area contributed by atoms with Crippen molar-refractivity contribution in [2.75, 3.05) is 4.90 Å². The van der Waals surface area contributed by atoms with Crippen LogP contribution in [0.4, 0.5) is 17.1 Å². The van der Waals surface area contributed by atoms with E-state index in [1.54, 1.807) is 0 Å². The summed E-state index contributed by atoms with van der Waals surface area (Å²) in [6, 6.07) is 45.6. The molecule has 5 nitrogen and oxygen atoms in total. The molecule has 0 aliphatic carbocycles. The molecular formula is C40H25N3O2. The van der Waals surface area contributed by atoms with Gasteiger partial charge in [-0.05, 0) is 48.5 Å². The van der Waals surface area contributed by atoms with E-state index in [-0.39, 0.29) is 0 Å². The molecule has 5 aromatic carbocycles. The van der Waals surface area contributed by atoms with Crippen LogP contribution in [0.3, 0.4) is 0 Å². The Balaban J connectivity index is 1.09. The van der Waals surface area contributed by atoms with Gasteiger partial charge in [0.05, 0.1) is 11.4 Å². The van der Waals surface area contributed by atoms with Crippen LogP contribution in [-0.4, -0.2) is 9.97 Å². The van der Waals surface area contributed by atoms with E-state index in [0.717, 1.165) is 83.3 Å². The molecule has 0 aliphatic rings. The van der Waals surface area contributed by atoms with E-state index in [2.05, 4.69) is 94.8 Å². The largest absolute Gasteiger partial charge is 0.455 e. The number of rotatable bonds is 5. The number of furan rings is 2. The number of aromatic nitrogens is 2. The highest BCUT2D eigenvalue weighted by atomic mass is 16.3. The van der Waals surface area contributed by atoms with Crippen molar-refractivity contribution >= 4 is 60.9 Å². The lowest BCUT2D eigenvalue weighted by Gasteiger charge is -2.25. The van der Waals surface area contributed by atoms with Gasteiger partial charge in [-0.25, -0.2) is 0 Å². The van der Waals surface area contributed by atoms with Crippen LogP contribution in [0.2, 0.25) is 0 Å². The number of benzene rings is 5. The van der Waals surface area contributed by atoms with Gasteiger partial charge in [0.2, 0.25) is 0 Å². The molecule has 5 heteroatoms. The van der Waals surface area contributed by atoms with Gasteiger partial charge < -0.3 is 13.7 Å². The molecule has 0 unspecified atom stereocenters. The summed E-state index contributed by atoms with van der Waals surface area (Å²) in [4.78, 5) is 11.3. The second-order valence-corrected chi connectivity index (χ2v) is 11.1. The Morgan fingerprint density at radius 1 is 0.467 bits per heavy atom. The number of fused-ring (bicyclic) bond motifs is 6. The Kier molecular flexibility index (Phi) is 5.74. The molecule has 0 fully saturated rings. The standard InChI is InChI=1S/C40H25N3O2/c1-3-13-37-31(7-1)33-10-5-9-30(39(33)44-37)27-17-20-35(42-25-27)26-15-18-28(19-16-26)43(29-21-23-41-24-22-29)36-12-6-11-34-32-8-2-4-14-38(32)45-40(34)36/h1-25H. The van der Waals surface area contributed by atoms with Crippen LogP contribution in [0.25, 0.3) is 66.3 Å². The summed E-state index contributed by atoms with van der Waals surface area (Å²) in [5.74, 6) is 0. The number of nitrogens with zero attached hydrogens (tertiary/aromatic N) is 3. The van der Waals surface area contributed by atoms with Crippen molar-refractivity contribution < 1.29 is 8.83 Å². The molecule has 9 aromatic rings. The zero-order valence-electron chi connectivity index (χ0n) is 24.1. The van der Waals surface area contributed by atoms with Crippen molar-refractivity contribution in [1.82, 2.24) is 9.97 Å². The Morgan fingerprint density at radius 3 is 1.78 bits per heavy atom. The van der Waals surface area contributed by atoms with Gasteiger partial charge in [0.15, 0.2) is 5.58 Å². The first-order valence-electron chi connectivity index (χ1n) is 14.9. The molecule has 9 rings (SSSR count). The lowest BCUT2D eigenvalue weighted by molar-refractivity contribution is 0.669. The molecule has 212 valence electrons. The molecule has 45 heavy (non-hydrogen) atoms. The fourth-order valence-electron chi connectivity index (χ4n) is 6.31. The van der Waals surface area contributed by atoms with Crippen molar-refractivity contribution in [2.45, 2.75) is 0 Å². The monoisotopic (exact) mass is 579 g/mol. The maximum absolute atomic E-state index is 6.42. The third-order valence-electron chi connectivity index (χ3n) is 8.45. The van der Waals surface area contributed by atoms with E-state index in [1.807, 2.05) is 67.1 Å². The van der Waals surface area contributed by atoms with Crippen molar-refractivity contribution in [3.8, 4) is 22.4 Å². The maximum Gasteiger partial charge on any atom is 0.159 e. The van der Waals surface area contributed by atoms with Crippen LogP contribution in [-0.2, 0) is 0 Å². The second kappa shape index (κ2) is 10.2. The first-order chi connectivity index (χ1) is 22.3. The van der Waals surface area contributed by atoms with Gasteiger partial charge in [-0.2, -0.15) is 0 Å². The maximum atomic E-state index is 6.42. The molecule has 0 N–H and O–H groups in total. The fourth-order valence-corrected chi connectivity index (χ4v) is 6.31. The summed E-state index contributed by atoms with van der Waals surface area (Å²) in [7, 11) is 0. The Hall–Kier alpha value is -6.20. The second-order valence-electron chi connectivity index (χ2n) is 11.1. The molecule has 0 saturated heterocycles. The van der Waals surface area contributed by atoms with Crippen molar-refractivity contribution in [1.29, 1.82) is 0 Å². The predicted molar refractivity (Wildman–Crippen MR) is 182 cm³/mol. The van der Waals surface area contributed by atoms with Crippen LogP contribution in [0, 0.1) is 0 Å². The van der Waals surface area contributed by atoms with Gasteiger partial charge in [-0.3, -0.25) is 9.97 Å². The lowest BCUT2D eigenvalue weighted by atomic mass is 10.0. The molecule has 0 spiro atoms. The molecule has 4 aromatic heterocycles. The Morgan fingerprint density at radius 2 is 1.07 bits per heavy atom. The minimum absolute atomic E-state index is 0.844. The van der Waals surface area contributed by atoms with Crippen molar-refractivity contribution in [3.63, 3.8) is 0 Å². The molecule has 0 atom stereocenters. The summed E-state index contributed by atoms with van der Waals surface area (Å²) >= 11 is 0. The number of hydrogen-bond acceptors (Lipinski definition) is 5. The van der Waals surface area contributed by atoms with E-state index >= 15 is 0 Å². The van der Waals surface area contributed by atoms with Crippen LogP contribution in [0.5, 0.6) is 0 Å². The number of pyridine rings is 2.